The molecule has 0 saturated carbocycles. The third kappa shape index (κ3) is 4.49. The fraction of sp³-hybridized carbons (Fsp3) is 0.259. The fourth-order valence-electron chi connectivity index (χ4n) is 4.83. The minimum absolute atomic E-state index is 0.104. The van der Waals surface area contributed by atoms with Crippen molar-refractivity contribution in [2.75, 3.05) is 19.7 Å². The van der Waals surface area contributed by atoms with Crippen LogP contribution in [-0.2, 0) is 5.79 Å². The number of aliphatic imine (C=N–C) groups is 1. The quantitative estimate of drug-likeness (QED) is 0.469. The second kappa shape index (κ2) is 9.88. The molecule has 5 rings (SSSR count). The van der Waals surface area contributed by atoms with Crippen LogP contribution in [-0.4, -0.2) is 30.9 Å². The summed E-state index contributed by atoms with van der Waals surface area (Å²) in [6, 6.07) is 23.4. The zero-order valence-corrected chi connectivity index (χ0v) is 20.7. The molecule has 2 unspecified atom stereocenters. The monoisotopic (exact) mass is 505 g/mol. The number of ether oxygens (including phenoxy) is 1. The van der Waals surface area contributed by atoms with Crippen LogP contribution in [0.4, 0.5) is 0 Å². The maximum Gasteiger partial charge on any atom is 0.179 e. The molecular weight excluding hydrogens is 481 g/mol. The minimum atomic E-state index is -0.826. The molecule has 0 amide bonds. The molecule has 0 bridgehead atoms. The van der Waals surface area contributed by atoms with E-state index in [4.69, 9.17) is 27.9 Å². The predicted molar refractivity (Wildman–Crippen MR) is 139 cm³/mol. The highest BCUT2D eigenvalue weighted by atomic mass is 35.5. The Morgan fingerprint density at radius 3 is 2.09 bits per heavy atom. The third-order valence-corrected chi connectivity index (χ3v) is 6.95. The molecule has 2 heterocycles. The highest BCUT2D eigenvalue weighted by Crippen LogP contribution is 2.45. The van der Waals surface area contributed by atoms with Gasteiger partial charge < -0.3 is 9.64 Å². The third-order valence-electron chi connectivity index (χ3n) is 6.44. The molecule has 2 aliphatic rings. The molecule has 6 nitrogen and oxygen atoms in total. The summed E-state index contributed by atoms with van der Waals surface area (Å²) < 4.78 is 6.05. The highest BCUT2D eigenvalue weighted by molar-refractivity contribution is 6.30. The number of rotatable bonds is 6. The zero-order valence-electron chi connectivity index (χ0n) is 19.2. The number of nitrogens with zero attached hydrogens (tertiary/aromatic N) is 3. The van der Waals surface area contributed by atoms with Crippen molar-refractivity contribution in [3.63, 3.8) is 0 Å². The van der Waals surface area contributed by atoms with Gasteiger partial charge in [-0.05, 0) is 60.5 Å². The van der Waals surface area contributed by atoms with Gasteiger partial charge in [-0.1, -0.05) is 47.5 Å². The molecule has 0 aliphatic carbocycles. The van der Waals surface area contributed by atoms with Gasteiger partial charge in [-0.25, -0.2) is 0 Å². The molecule has 8 heteroatoms. The van der Waals surface area contributed by atoms with Crippen molar-refractivity contribution in [3.05, 3.63) is 99.0 Å². The van der Waals surface area contributed by atoms with E-state index in [0.29, 0.717) is 34.5 Å². The van der Waals surface area contributed by atoms with Crippen LogP contribution in [0.3, 0.4) is 0 Å². The first-order valence-corrected chi connectivity index (χ1v) is 12.3. The molecule has 2 atom stereocenters. The van der Waals surface area contributed by atoms with E-state index >= 15 is 0 Å². The lowest BCUT2D eigenvalue weighted by Gasteiger charge is -2.40. The Bertz CT molecular complexity index is 1220. The molecule has 178 valence electrons. The van der Waals surface area contributed by atoms with Crippen molar-refractivity contribution < 1.29 is 4.74 Å². The van der Waals surface area contributed by atoms with Crippen LogP contribution in [0, 0.1) is 11.3 Å². The van der Waals surface area contributed by atoms with Gasteiger partial charge in [0.2, 0.25) is 0 Å². The average Bonchev–Trinajstić information content (AvgIpc) is 3.55. The molecule has 2 N–H and O–H groups in total. The van der Waals surface area contributed by atoms with Gasteiger partial charge in [0.05, 0.1) is 43.2 Å². The molecule has 1 saturated heterocycles. The molecule has 0 radical (unpaired) electrons. The van der Waals surface area contributed by atoms with Gasteiger partial charge >= 0.3 is 0 Å². The minimum Gasteiger partial charge on any atom is -0.493 e. The van der Waals surface area contributed by atoms with E-state index in [9.17, 15) is 5.26 Å². The lowest BCUT2D eigenvalue weighted by atomic mass is 9.95. The largest absolute Gasteiger partial charge is 0.493 e. The normalized spacial score (nSPS) is 23.4. The van der Waals surface area contributed by atoms with Crippen molar-refractivity contribution in [2.45, 2.75) is 24.8 Å². The summed E-state index contributed by atoms with van der Waals surface area (Å²) in [6.07, 6.45) is 1.87. The molecule has 3 aromatic carbocycles. The van der Waals surface area contributed by atoms with Crippen molar-refractivity contribution in [1.29, 1.82) is 5.26 Å². The molecule has 0 aromatic heterocycles. The summed E-state index contributed by atoms with van der Waals surface area (Å²) in [6.45, 7) is 3.84. The van der Waals surface area contributed by atoms with Gasteiger partial charge in [0.1, 0.15) is 5.75 Å². The molecule has 2 aliphatic heterocycles. The number of nitrogens with one attached hydrogen (secondary N) is 2. The molecule has 3 aromatic rings. The summed E-state index contributed by atoms with van der Waals surface area (Å²) >= 11 is 12.4. The Morgan fingerprint density at radius 1 is 1.00 bits per heavy atom. The van der Waals surface area contributed by atoms with Crippen LogP contribution < -0.4 is 15.4 Å². The van der Waals surface area contributed by atoms with Gasteiger partial charge in [-0.2, -0.15) is 5.26 Å². The summed E-state index contributed by atoms with van der Waals surface area (Å²) in [5.41, 5.74) is 3.61. The van der Waals surface area contributed by atoms with Crippen LogP contribution in [0.2, 0.25) is 10.0 Å². The number of hydrogen-bond acceptors (Lipinski definition) is 6. The van der Waals surface area contributed by atoms with Crippen LogP contribution in [0.25, 0.3) is 0 Å². The van der Waals surface area contributed by atoms with E-state index in [2.05, 4.69) is 26.6 Å². The number of benzene rings is 3. The van der Waals surface area contributed by atoms with Crippen molar-refractivity contribution in [1.82, 2.24) is 15.5 Å². The lowest BCUT2D eigenvalue weighted by Crippen LogP contribution is -2.59. The van der Waals surface area contributed by atoms with E-state index in [1.54, 1.807) is 6.07 Å². The van der Waals surface area contributed by atoms with Crippen molar-refractivity contribution in [2.24, 2.45) is 4.99 Å². The van der Waals surface area contributed by atoms with Gasteiger partial charge in [-0.15, -0.1) is 0 Å². The van der Waals surface area contributed by atoms with E-state index in [0.717, 1.165) is 23.2 Å². The number of hydrogen-bond donors (Lipinski definition) is 2. The Kier molecular flexibility index (Phi) is 6.68. The first-order chi connectivity index (χ1) is 17.0. The first kappa shape index (κ1) is 23.7. The predicted octanol–water partition coefficient (Wildman–Crippen LogP) is 5.39. The maximum absolute atomic E-state index is 9.50. The summed E-state index contributed by atoms with van der Waals surface area (Å²) in [4.78, 5) is 6.66. The average molecular weight is 506 g/mol. The maximum atomic E-state index is 9.50. The second-order valence-electron chi connectivity index (χ2n) is 8.53. The molecule has 0 spiro atoms. The standard InChI is InChI=1S/C27H25Cl2N5O/c1-2-35-24-15-18(16-30)3-12-23(24)27(34-14-13-31-17-34)32-25(19-4-8-21(28)9-5-19)26(33-27)20-6-10-22(29)11-7-20/h3-12,15,17,25-26,32-33H,2,13-14H2,1H3. The molecular formula is C27H25Cl2N5O. The van der Waals surface area contributed by atoms with E-state index in [1.807, 2.05) is 73.9 Å². The first-order valence-electron chi connectivity index (χ1n) is 11.5. The summed E-state index contributed by atoms with van der Waals surface area (Å²) in [5, 5.41) is 18.6. The topological polar surface area (TPSA) is 72.7 Å². The van der Waals surface area contributed by atoms with Crippen LogP contribution in [0.1, 0.15) is 41.3 Å². The Hall–Kier alpha value is -3.08. The number of halogens is 2. The van der Waals surface area contributed by atoms with Crippen LogP contribution in [0.5, 0.6) is 5.75 Å². The SMILES string of the molecule is CCOc1cc(C#N)ccc1C1(N2C=NCC2)NC(c2ccc(Cl)cc2)C(c2ccc(Cl)cc2)N1. The zero-order chi connectivity index (χ0) is 24.4. The van der Waals surface area contributed by atoms with Gasteiger partial charge in [0.25, 0.3) is 0 Å². The van der Waals surface area contributed by atoms with Crippen LogP contribution in [0.15, 0.2) is 71.7 Å². The van der Waals surface area contributed by atoms with E-state index in [1.165, 1.54) is 0 Å². The van der Waals surface area contributed by atoms with Crippen LogP contribution >= 0.6 is 23.2 Å². The van der Waals surface area contributed by atoms with E-state index in [-0.39, 0.29) is 12.1 Å². The Morgan fingerprint density at radius 2 is 1.60 bits per heavy atom. The fourth-order valence-corrected chi connectivity index (χ4v) is 5.08. The smallest absolute Gasteiger partial charge is 0.179 e. The van der Waals surface area contributed by atoms with Gasteiger partial charge in [0, 0.05) is 22.2 Å². The van der Waals surface area contributed by atoms with Gasteiger partial charge in [0.15, 0.2) is 5.79 Å². The Balaban J connectivity index is 1.68. The summed E-state index contributed by atoms with van der Waals surface area (Å²) in [7, 11) is 0. The highest BCUT2D eigenvalue weighted by Gasteiger charge is 2.51. The summed E-state index contributed by atoms with van der Waals surface area (Å²) in [5.74, 6) is -0.175. The van der Waals surface area contributed by atoms with Crippen molar-refractivity contribution in [3.8, 4) is 11.8 Å². The van der Waals surface area contributed by atoms with Crippen molar-refractivity contribution >= 4 is 29.5 Å². The Labute approximate surface area is 215 Å². The van der Waals surface area contributed by atoms with E-state index < -0.39 is 5.79 Å². The molecule has 35 heavy (non-hydrogen) atoms. The second-order valence-corrected chi connectivity index (χ2v) is 9.40. The molecule has 1 fully saturated rings. The van der Waals surface area contributed by atoms with Gasteiger partial charge in [-0.3, -0.25) is 15.6 Å². The lowest BCUT2D eigenvalue weighted by molar-refractivity contribution is 0.125. The number of nitriles is 1.